The number of carbonyl (C=O) groups is 2. The minimum Gasteiger partial charge on any atom is -0.492 e. The predicted molar refractivity (Wildman–Crippen MR) is 97.3 cm³/mol. The number of halogens is 1. The first kappa shape index (κ1) is 17.3. The summed E-state index contributed by atoms with van der Waals surface area (Å²) in [6.45, 7) is 1.33. The quantitative estimate of drug-likeness (QED) is 0.806. The van der Waals surface area contributed by atoms with Gasteiger partial charge in [-0.05, 0) is 36.8 Å². The fourth-order valence-electron chi connectivity index (χ4n) is 2.77. The molecule has 0 radical (unpaired) electrons. The molecule has 0 saturated carbocycles. The normalized spacial score (nSPS) is 13.8. The molecule has 0 aromatic heterocycles. The average molecular weight is 359 g/mol. The number of ether oxygens (including phenoxy) is 1. The summed E-state index contributed by atoms with van der Waals surface area (Å²) in [6, 6.07) is 14.4. The lowest BCUT2D eigenvalue weighted by molar-refractivity contribution is -0.117. The van der Waals surface area contributed by atoms with E-state index in [0.29, 0.717) is 42.4 Å². The number of carbonyl (C=O) groups excluding carboxylic acids is 2. The summed E-state index contributed by atoms with van der Waals surface area (Å²) in [4.78, 5) is 26.1. The van der Waals surface area contributed by atoms with Gasteiger partial charge >= 0.3 is 0 Å². The number of para-hydroxylation sites is 1. The highest BCUT2D eigenvalue weighted by Crippen LogP contribution is 2.28. The molecule has 2 aromatic rings. The first-order valence-electron chi connectivity index (χ1n) is 8.21. The Balaban J connectivity index is 1.62. The van der Waals surface area contributed by atoms with Crippen molar-refractivity contribution in [2.24, 2.45) is 0 Å². The van der Waals surface area contributed by atoms with Gasteiger partial charge in [0.15, 0.2) is 0 Å². The smallest absolute Gasteiger partial charge is 0.253 e. The van der Waals surface area contributed by atoms with Gasteiger partial charge in [-0.25, -0.2) is 0 Å². The van der Waals surface area contributed by atoms with Crippen molar-refractivity contribution >= 4 is 29.1 Å². The molecule has 6 heteroatoms. The molecular weight excluding hydrogens is 340 g/mol. The van der Waals surface area contributed by atoms with E-state index < -0.39 is 0 Å². The van der Waals surface area contributed by atoms with E-state index in [0.717, 1.165) is 12.2 Å². The van der Waals surface area contributed by atoms with Crippen LogP contribution in [0.15, 0.2) is 48.5 Å². The van der Waals surface area contributed by atoms with Crippen LogP contribution in [0, 0.1) is 0 Å². The summed E-state index contributed by atoms with van der Waals surface area (Å²) in [7, 11) is 0. The lowest BCUT2D eigenvalue weighted by atomic mass is 10.1. The summed E-state index contributed by atoms with van der Waals surface area (Å²) >= 11 is 6.05. The number of nitrogens with zero attached hydrogens (tertiary/aromatic N) is 1. The molecular formula is C19H19ClN2O3. The Bertz CT molecular complexity index is 765. The van der Waals surface area contributed by atoms with Gasteiger partial charge in [-0.3, -0.25) is 9.59 Å². The third-order valence-electron chi connectivity index (χ3n) is 3.97. The van der Waals surface area contributed by atoms with Crippen molar-refractivity contribution in [1.29, 1.82) is 0 Å². The maximum absolute atomic E-state index is 12.5. The Morgan fingerprint density at radius 2 is 2.00 bits per heavy atom. The van der Waals surface area contributed by atoms with Crippen LogP contribution in [0.1, 0.15) is 23.2 Å². The third kappa shape index (κ3) is 4.31. The van der Waals surface area contributed by atoms with Gasteiger partial charge < -0.3 is 15.0 Å². The summed E-state index contributed by atoms with van der Waals surface area (Å²) in [5, 5.41) is 3.32. The molecule has 1 fully saturated rings. The van der Waals surface area contributed by atoms with E-state index in [1.165, 1.54) is 0 Å². The monoisotopic (exact) mass is 358 g/mol. The number of rotatable bonds is 6. The van der Waals surface area contributed by atoms with Crippen LogP contribution in [0.25, 0.3) is 0 Å². The lowest BCUT2D eigenvalue weighted by Gasteiger charge is -2.19. The maximum atomic E-state index is 12.5. The highest BCUT2D eigenvalue weighted by molar-refractivity contribution is 6.31. The topological polar surface area (TPSA) is 58.6 Å². The molecule has 1 saturated heterocycles. The number of amides is 2. The van der Waals surface area contributed by atoms with Crippen molar-refractivity contribution in [3.8, 4) is 5.75 Å². The number of benzene rings is 2. The van der Waals surface area contributed by atoms with E-state index in [1.54, 1.807) is 23.1 Å². The van der Waals surface area contributed by atoms with Crippen LogP contribution in [0.4, 0.5) is 5.69 Å². The standard InChI is InChI=1S/C19H19ClN2O3/c20-14-8-9-16(17(13-14)22-11-4-7-18(22)23)19(24)21-10-12-25-15-5-2-1-3-6-15/h1-3,5-6,8-9,13H,4,7,10-12H2,(H,21,24). The summed E-state index contributed by atoms with van der Waals surface area (Å²) in [5.41, 5.74) is 1.01. The van der Waals surface area contributed by atoms with E-state index in [-0.39, 0.29) is 11.8 Å². The first-order chi connectivity index (χ1) is 12.1. The van der Waals surface area contributed by atoms with Crippen molar-refractivity contribution in [3.63, 3.8) is 0 Å². The lowest BCUT2D eigenvalue weighted by Crippen LogP contribution is -2.31. The second kappa shape index (κ2) is 8.03. The Morgan fingerprint density at radius 3 is 2.72 bits per heavy atom. The van der Waals surface area contributed by atoms with Crippen LogP contribution in [0.3, 0.4) is 0 Å². The van der Waals surface area contributed by atoms with Gasteiger partial charge in [-0.2, -0.15) is 0 Å². The molecule has 130 valence electrons. The molecule has 25 heavy (non-hydrogen) atoms. The van der Waals surface area contributed by atoms with Crippen molar-refractivity contribution in [2.75, 3.05) is 24.6 Å². The first-order valence-corrected chi connectivity index (χ1v) is 8.59. The molecule has 0 atom stereocenters. The molecule has 5 nitrogen and oxygen atoms in total. The minimum atomic E-state index is -0.247. The molecule has 3 rings (SSSR count). The largest absolute Gasteiger partial charge is 0.492 e. The number of nitrogens with one attached hydrogen (secondary N) is 1. The zero-order valence-corrected chi connectivity index (χ0v) is 14.5. The van der Waals surface area contributed by atoms with Gasteiger partial charge in [0.1, 0.15) is 12.4 Å². The maximum Gasteiger partial charge on any atom is 0.253 e. The Morgan fingerprint density at radius 1 is 1.20 bits per heavy atom. The minimum absolute atomic E-state index is 0.0173. The van der Waals surface area contributed by atoms with E-state index in [9.17, 15) is 9.59 Å². The van der Waals surface area contributed by atoms with E-state index >= 15 is 0 Å². The van der Waals surface area contributed by atoms with E-state index in [1.807, 2.05) is 30.3 Å². The van der Waals surface area contributed by atoms with Crippen LogP contribution in [-0.4, -0.2) is 31.5 Å². The predicted octanol–water partition coefficient (Wildman–Crippen LogP) is 3.28. The molecule has 1 heterocycles. The van der Waals surface area contributed by atoms with Crippen molar-refractivity contribution in [3.05, 3.63) is 59.1 Å². The Labute approximate surface area is 151 Å². The molecule has 1 aliphatic rings. The van der Waals surface area contributed by atoms with Crippen LogP contribution in [0.2, 0.25) is 5.02 Å². The Kier molecular flexibility index (Phi) is 5.56. The van der Waals surface area contributed by atoms with Gasteiger partial charge in [-0.1, -0.05) is 29.8 Å². The number of anilines is 1. The zero-order valence-electron chi connectivity index (χ0n) is 13.7. The van der Waals surface area contributed by atoms with Gasteiger partial charge in [0.05, 0.1) is 17.8 Å². The molecule has 2 amide bonds. The summed E-state index contributed by atoms with van der Waals surface area (Å²) < 4.78 is 5.56. The van der Waals surface area contributed by atoms with Gasteiger partial charge in [0.25, 0.3) is 5.91 Å². The van der Waals surface area contributed by atoms with Crippen molar-refractivity contribution in [2.45, 2.75) is 12.8 Å². The van der Waals surface area contributed by atoms with Crippen LogP contribution in [-0.2, 0) is 4.79 Å². The second-order valence-electron chi connectivity index (χ2n) is 5.73. The van der Waals surface area contributed by atoms with E-state index in [2.05, 4.69) is 5.32 Å². The van der Waals surface area contributed by atoms with Gasteiger partial charge in [0.2, 0.25) is 5.91 Å². The van der Waals surface area contributed by atoms with Crippen molar-refractivity contribution < 1.29 is 14.3 Å². The fraction of sp³-hybridized carbons (Fsp3) is 0.263. The molecule has 0 aliphatic carbocycles. The molecule has 1 aliphatic heterocycles. The Hall–Kier alpha value is -2.53. The SMILES string of the molecule is O=C(NCCOc1ccccc1)c1ccc(Cl)cc1N1CCCC1=O. The van der Waals surface area contributed by atoms with Crippen LogP contribution in [0.5, 0.6) is 5.75 Å². The highest BCUT2D eigenvalue weighted by Gasteiger charge is 2.26. The van der Waals surface area contributed by atoms with Crippen LogP contribution < -0.4 is 15.0 Å². The third-order valence-corrected chi connectivity index (χ3v) is 4.20. The number of hydrogen-bond donors (Lipinski definition) is 1. The molecule has 0 bridgehead atoms. The summed E-state index contributed by atoms with van der Waals surface area (Å²) in [6.07, 6.45) is 1.29. The highest BCUT2D eigenvalue weighted by atomic mass is 35.5. The summed E-state index contributed by atoms with van der Waals surface area (Å²) in [5.74, 6) is 0.526. The average Bonchev–Trinajstić information content (AvgIpc) is 3.05. The number of hydrogen-bond acceptors (Lipinski definition) is 3. The molecule has 0 spiro atoms. The molecule has 2 aromatic carbocycles. The molecule has 0 unspecified atom stereocenters. The fourth-order valence-corrected chi connectivity index (χ4v) is 2.93. The van der Waals surface area contributed by atoms with E-state index in [4.69, 9.17) is 16.3 Å². The second-order valence-corrected chi connectivity index (χ2v) is 6.16. The van der Waals surface area contributed by atoms with Crippen molar-refractivity contribution in [1.82, 2.24) is 5.32 Å². The van der Waals surface area contributed by atoms with Gasteiger partial charge in [0, 0.05) is 18.0 Å². The zero-order chi connectivity index (χ0) is 17.6. The molecule has 1 N–H and O–H groups in total. The van der Waals surface area contributed by atoms with Gasteiger partial charge in [-0.15, -0.1) is 0 Å². The van der Waals surface area contributed by atoms with Crippen LogP contribution >= 0.6 is 11.6 Å².